The summed E-state index contributed by atoms with van der Waals surface area (Å²) in [5.74, 6) is 2.19. The summed E-state index contributed by atoms with van der Waals surface area (Å²) in [6.45, 7) is 6.45. The minimum atomic E-state index is -10.7. The minimum absolute atomic E-state index is 1.03. The van der Waals surface area contributed by atoms with Crippen LogP contribution >= 0.6 is 7.81 Å². The summed E-state index contributed by atoms with van der Waals surface area (Å²) in [5.41, 5.74) is 1.31. The molecular weight excluding hydrogens is 377 g/mol. The number of hydrogen-bond donors (Lipinski definition) is 0. The molecule has 0 spiro atoms. The first-order chi connectivity index (χ1) is 11.7. The van der Waals surface area contributed by atoms with Gasteiger partial charge in [-0.3, -0.25) is 0 Å². The molecule has 0 atom stereocenters. The van der Waals surface area contributed by atoms with Gasteiger partial charge in [-0.15, -0.1) is 0 Å². The van der Waals surface area contributed by atoms with Gasteiger partial charge in [-0.2, -0.15) is 0 Å². The maximum atomic E-state index is 9.87. The van der Waals surface area contributed by atoms with Crippen molar-refractivity contribution in [1.82, 2.24) is 0 Å². The summed E-state index contributed by atoms with van der Waals surface area (Å²) >= 11 is 0. The molecule has 0 bridgehead atoms. The zero-order chi connectivity index (χ0) is 20.3. The third-order valence-corrected chi connectivity index (χ3v) is 3.64. The first-order valence-electron chi connectivity index (χ1n) is 9.14. The second-order valence-electron chi connectivity index (χ2n) is 6.75. The van der Waals surface area contributed by atoms with Gasteiger partial charge >= 0.3 is 44.5 Å². The first kappa shape index (κ1) is 25.2. The van der Waals surface area contributed by atoms with Crippen molar-refractivity contribution in [1.29, 1.82) is 0 Å². The Kier molecular flexibility index (Phi) is 9.59. The monoisotopic (exact) mass is 408 g/mol. The van der Waals surface area contributed by atoms with Crippen LogP contribution in [0.1, 0.15) is 81.8 Å². The van der Waals surface area contributed by atoms with Crippen LogP contribution in [-0.4, -0.2) is 0 Å². The standard InChI is InChI=1S/C18H31O.F6P/c1-4-5-6-7-8-9-10-11-12-13-18-15-16(2)14-17(3)19-18;1-7(2,3,4,5)6/h14-15H,4-13H2,1-3H3;/q+1;-1. The average Bonchev–Trinajstić information content (AvgIpc) is 2.41. The molecule has 0 radical (unpaired) electrons. The molecule has 1 aromatic heterocycles. The van der Waals surface area contributed by atoms with Crippen molar-refractivity contribution in [2.75, 3.05) is 0 Å². The van der Waals surface area contributed by atoms with Crippen molar-refractivity contribution < 1.29 is 29.6 Å². The van der Waals surface area contributed by atoms with Crippen LogP contribution < -0.4 is 0 Å². The summed E-state index contributed by atoms with van der Waals surface area (Å²) in [7, 11) is -10.7. The molecule has 0 saturated carbocycles. The van der Waals surface area contributed by atoms with Crippen molar-refractivity contribution in [3.63, 3.8) is 0 Å². The van der Waals surface area contributed by atoms with Crippen LogP contribution in [0.2, 0.25) is 0 Å². The Balaban J connectivity index is 0.000000758. The summed E-state index contributed by atoms with van der Waals surface area (Å²) in [5, 5.41) is 0. The quantitative estimate of drug-likeness (QED) is 0.162. The maximum absolute atomic E-state index is 10.7. The molecule has 0 fully saturated rings. The second kappa shape index (κ2) is 9.91. The van der Waals surface area contributed by atoms with Crippen LogP contribution in [0.4, 0.5) is 25.2 Å². The van der Waals surface area contributed by atoms with Crippen molar-refractivity contribution in [3.8, 4) is 0 Å². The molecule has 0 aromatic carbocycles. The number of hydrogen-bond acceptors (Lipinski definition) is 0. The van der Waals surface area contributed by atoms with Gasteiger partial charge in [0, 0.05) is 12.1 Å². The van der Waals surface area contributed by atoms with Gasteiger partial charge in [-0.1, -0.05) is 58.3 Å². The van der Waals surface area contributed by atoms with E-state index in [1.54, 1.807) is 0 Å². The van der Waals surface area contributed by atoms with Crippen LogP contribution in [-0.2, 0) is 6.42 Å². The summed E-state index contributed by atoms with van der Waals surface area (Å²) in [4.78, 5) is 0. The molecule has 1 aromatic rings. The molecule has 156 valence electrons. The van der Waals surface area contributed by atoms with E-state index in [-0.39, 0.29) is 0 Å². The van der Waals surface area contributed by atoms with E-state index >= 15 is 0 Å². The summed E-state index contributed by atoms with van der Waals surface area (Å²) in [6, 6.07) is 4.28. The predicted octanol–water partition coefficient (Wildman–Crippen LogP) is 9.63. The molecule has 0 aliphatic rings. The van der Waals surface area contributed by atoms with Crippen LogP contribution in [0, 0.1) is 13.8 Å². The van der Waals surface area contributed by atoms with Gasteiger partial charge in [0.25, 0.3) is 0 Å². The molecule has 0 amide bonds. The van der Waals surface area contributed by atoms with Crippen LogP contribution in [0.15, 0.2) is 16.5 Å². The molecule has 0 N–H and O–H groups in total. The van der Waals surface area contributed by atoms with Crippen LogP contribution in [0.3, 0.4) is 0 Å². The van der Waals surface area contributed by atoms with Gasteiger partial charge in [0.1, 0.15) is 0 Å². The van der Waals surface area contributed by atoms with Gasteiger partial charge in [-0.05, 0) is 18.9 Å². The van der Waals surface area contributed by atoms with Crippen molar-refractivity contribution in [2.45, 2.75) is 85.0 Å². The number of unbranched alkanes of at least 4 members (excludes halogenated alkanes) is 8. The van der Waals surface area contributed by atoms with Gasteiger partial charge in [0.15, 0.2) is 0 Å². The Morgan fingerprint density at radius 3 is 1.58 bits per heavy atom. The molecule has 0 saturated heterocycles. The molecule has 0 aliphatic carbocycles. The molecule has 0 unspecified atom stereocenters. The van der Waals surface area contributed by atoms with Gasteiger partial charge < -0.3 is 0 Å². The van der Waals surface area contributed by atoms with E-state index < -0.39 is 7.81 Å². The Morgan fingerprint density at radius 2 is 1.15 bits per heavy atom. The van der Waals surface area contributed by atoms with E-state index in [9.17, 15) is 25.2 Å². The van der Waals surface area contributed by atoms with Crippen molar-refractivity contribution >= 4 is 7.81 Å². The van der Waals surface area contributed by atoms with Crippen LogP contribution in [0.25, 0.3) is 0 Å². The SMILES string of the molecule is CCCCCCCCCCCc1cc(C)cc(C)[o+]1.F[P-](F)(F)(F)(F)F. The van der Waals surface area contributed by atoms with Crippen molar-refractivity contribution in [2.24, 2.45) is 0 Å². The third-order valence-electron chi connectivity index (χ3n) is 3.64. The van der Waals surface area contributed by atoms with E-state index in [0.29, 0.717) is 0 Å². The van der Waals surface area contributed by atoms with E-state index in [1.807, 2.05) is 6.92 Å². The zero-order valence-electron chi connectivity index (χ0n) is 15.8. The number of rotatable bonds is 10. The molecule has 26 heavy (non-hydrogen) atoms. The normalized spacial score (nSPS) is 14.2. The fourth-order valence-electron chi connectivity index (χ4n) is 2.62. The fraction of sp³-hybridized carbons (Fsp3) is 0.722. The van der Waals surface area contributed by atoms with Gasteiger partial charge in [-0.25, -0.2) is 4.42 Å². The van der Waals surface area contributed by atoms with E-state index in [2.05, 4.69) is 26.0 Å². The fourth-order valence-corrected chi connectivity index (χ4v) is 2.62. The Labute approximate surface area is 152 Å². The molecule has 1 nitrogen and oxygen atoms in total. The molecule has 8 heteroatoms. The number of halogens is 6. The average molecular weight is 408 g/mol. The van der Waals surface area contributed by atoms with Gasteiger partial charge in [0.05, 0.1) is 13.3 Å². The Morgan fingerprint density at radius 1 is 0.731 bits per heavy atom. The van der Waals surface area contributed by atoms with Crippen LogP contribution in [0.5, 0.6) is 0 Å². The first-order valence-corrected chi connectivity index (χ1v) is 11.2. The predicted molar refractivity (Wildman–Crippen MR) is 97.1 cm³/mol. The van der Waals surface area contributed by atoms with E-state index in [0.717, 1.165) is 17.9 Å². The van der Waals surface area contributed by atoms with Crippen molar-refractivity contribution in [3.05, 3.63) is 29.2 Å². The summed E-state index contributed by atoms with van der Waals surface area (Å²) in [6.07, 6.45) is 13.5. The van der Waals surface area contributed by atoms with Gasteiger partial charge in [0.2, 0.25) is 0 Å². The Bertz CT molecular complexity index is 496. The zero-order valence-corrected chi connectivity index (χ0v) is 16.7. The van der Waals surface area contributed by atoms with E-state index in [1.165, 1.54) is 63.4 Å². The van der Waals surface area contributed by atoms with E-state index in [4.69, 9.17) is 4.42 Å². The number of aryl methyl sites for hydroxylation is 3. The molecule has 1 rings (SSSR count). The third kappa shape index (κ3) is 23.2. The second-order valence-corrected chi connectivity index (χ2v) is 8.67. The topological polar surface area (TPSA) is 11.3 Å². The molecule has 1 heterocycles. The molecule has 0 aliphatic heterocycles. The summed E-state index contributed by atoms with van der Waals surface area (Å²) < 4.78 is 64.9. The molecular formula is C18H31F6OP. The Hall–Kier alpha value is -0.840.